The van der Waals surface area contributed by atoms with Crippen LogP contribution in [0.2, 0.25) is 0 Å². The van der Waals surface area contributed by atoms with E-state index in [9.17, 15) is 9.59 Å². The lowest BCUT2D eigenvalue weighted by Crippen LogP contribution is -2.47. The summed E-state index contributed by atoms with van der Waals surface area (Å²) in [4.78, 5) is 25.3. The third kappa shape index (κ3) is 5.85. The lowest BCUT2D eigenvalue weighted by Gasteiger charge is -2.28. The average molecular weight is 292 g/mol. The van der Waals surface area contributed by atoms with Gasteiger partial charge in [0.25, 0.3) is 0 Å². The molecule has 1 aromatic rings. The lowest BCUT2D eigenvalue weighted by molar-refractivity contribution is -0.125. The first-order valence-electron chi connectivity index (χ1n) is 6.98. The molecule has 1 aromatic carbocycles. The number of likely N-dealkylation sites (N-methyl/N-ethyl adjacent to an activating group) is 1. The Morgan fingerprint density at radius 2 is 1.81 bits per heavy atom. The molecule has 0 aliphatic carbocycles. The van der Waals surface area contributed by atoms with Gasteiger partial charge in [-0.25, -0.2) is 4.79 Å². The number of hydrogen-bond donors (Lipinski definition) is 1. The highest BCUT2D eigenvalue weighted by atomic mass is 16.6. The molecular formula is C16H24N2O3. The second-order valence-corrected chi connectivity index (χ2v) is 5.97. The van der Waals surface area contributed by atoms with E-state index in [2.05, 4.69) is 5.32 Å². The van der Waals surface area contributed by atoms with Gasteiger partial charge in [-0.2, -0.15) is 0 Å². The number of nitrogens with one attached hydrogen (secondary N) is 1. The fourth-order valence-corrected chi connectivity index (χ4v) is 1.60. The molecule has 0 aliphatic rings. The molecule has 0 heterocycles. The molecule has 0 bridgehead atoms. The Bertz CT molecular complexity index is 480. The molecule has 21 heavy (non-hydrogen) atoms. The van der Waals surface area contributed by atoms with E-state index in [0.717, 1.165) is 5.56 Å². The van der Waals surface area contributed by atoms with Crippen molar-refractivity contribution in [2.75, 3.05) is 7.05 Å². The van der Waals surface area contributed by atoms with Crippen LogP contribution in [0, 0.1) is 0 Å². The van der Waals surface area contributed by atoms with Crippen molar-refractivity contribution in [3.05, 3.63) is 35.9 Å². The summed E-state index contributed by atoms with van der Waals surface area (Å²) in [6.07, 6.45) is -0.509. The molecule has 1 rings (SSSR count). The van der Waals surface area contributed by atoms with Crippen molar-refractivity contribution in [1.29, 1.82) is 0 Å². The summed E-state index contributed by atoms with van der Waals surface area (Å²) < 4.78 is 5.24. The zero-order valence-corrected chi connectivity index (χ0v) is 13.3. The minimum atomic E-state index is -0.594. The SMILES string of the molecule is CC(C(=O)NCc1ccccc1)N(C)C(=O)OC(C)(C)C. The third-order valence-electron chi connectivity index (χ3n) is 2.95. The van der Waals surface area contributed by atoms with Crippen molar-refractivity contribution < 1.29 is 14.3 Å². The Morgan fingerprint density at radius 1 is 1.24 bits per heavy atom. The molecule has 5 heteroatoms. The molecular weight excluding hydrogens is 268 g/mol. The molecule has 1 N–H and O–H groups in total. The fraction of sp³-hybridized carbons (Fsp3) is 0.500. The minimum absolute atomic E-state index is 0.216. The number of carbonyl (C=O) groups is 2. The Kier molecular flexibility index (Phi) is 5.76. The Labute approximate surface area is 126 Å². The predicted octanol–water partition coefficient (Wildman–Crippen LogP) is 2.56. The van der Waals surface area contributed by atoms with Gasteiger partial charge in [0.05, 0.1) is 0 Å². The van der Waals surface area contributed by atoms with E-state index in [4.69, 9.17) is 4.74 Å². The molecule has 1 atom stereocenters. The van der Waals surface area contributed by atoms with Crippen LogP contribution in [0.3, 0.4) is 0 Å². The number of rotatable bonds is 4. The first-order valence-corrected chi connectivity index (χ1v) is 6.98. The van der Waals surface area contributed by atoms with Gasteiger partial charge in [0.1, 0.15) is 11.6 Å². The van der Waals surface area contributed by atoms with Gasteiger partial charge in [-0.05, 0) is 33.3 Å². The summed E-state index contributed by atoms with van der Waals surface area (Å²) >= 11 is 0. The van der Waals surface area contributed by atoms with E-state index in [0.29, 0.717) is 6.54 Å². The summed E-state index contributed by atoms with van der Waals surface area (Å²) in [6.45, 7) is 7.48. The van der Waals surface area contributed by atoms with Crippen LogP contribution >= 0.6 is 0 Å². The maximum atomic E-state index is 12.1. The minimum Gasteiger partial charge on any atom is -0.444 e. The molecule has 0 saturated carbocycles. The third-order valence-corrected chi connectivity index (χ3v) is 2.95. The van der Waals surface area contributed by atoms with Crippen LogP contribution in [0.4, 0.5) is 4.79 Å². The molecule has 1 unspecified atom stereocenters. The number of benzene rings is 1. The molecule has 0 fully saturated rings. The van der Waals surface area contributed by atoms with Crippen LogP contribution in [-0.2, 0) is 16.1 Å². The summed E-state index contributed by atoms with van der Waals surface area (Å²) in [6, 6.07) is 9.02. The van der Waals surface area contributed by atoms with Crippen LogP contribution in [-0.4, -0.2) is 35.6 Å². The molecule has 116 valence electrons. The van der Waals surface area contributed by atoms with Gasteiger partial charge in [0.15, 0.2) is 0 Å². The van der Waals surface area contributed by atoms with Gasteiger partial charge in [-0.1, -0.05) is 30.3 Å². The van der Waals surface area contributed by atoms with Crippen molar-refractivity contribution >= 4 is 12.0 Å². The molecule has 2 amide bonds. The zero-order valence-electron chi connectivity index (χ0n) is 13.3. The van der Waals surface area contributed by atoms with Gasteiger partial charge in [0, 0.05) is 13.6 Å². The predicted molar refractivity (Wildman–Crippen MR) is 81.7 cm³/mol. The van der Waals surface area contributed by atoms with Crippen molar-refractivity contribution in [2.24, 2.45) is 0 Å². The maximum Gasteiger partial charge on any atom is 0.410 e. The van der Waals surface area contributed by atoms with Crippen LogP contribution in [0.25, 0.3) is 0 Å². The van der Waals surface area contributed by atoms with Crippen molar-refractivity contribution in [1.82, 2.24) is 10.2 Å². The Balaban J connectivity index is 2.51. The topological polar surface area (TPSA) is 58.6 Å². The number of hydrogen-bond acceptors (Lipinski definition) is 3. The lowest BCUT2D eigenvalue weighted by atomic mass is 10.2. The first kappa shape index (κ1) is 17.0. The summed E-state index contributed by atoms with van der Waals surface area (Å²) in [5.41, 5.74) is 0.434. The van der Waals surface area contributed by atoms with Gasteiger partial charge in [-0.15, -0.1) is 0 Å². The number of ether oxygens (including phenoxy) is 1. The zero-order chi connectivity index (χ0) is 16.0. The quantitative estimate of drug-likeness (QED) is 0.928. The monoisotopic (exact) mass is 292 g/mol. The standard InChI is InChI=1S/C16H24N2O3/c1-12(18(5)15(20)21-16(2,3)4)14(19)17-11-13-9-7-6-8-10-13/h6-10,12H,11H2,1-5H3,(H,17,19). The van der Waals surface area contributed by atoms with Crippen LogP contribution in [0.1, 0.15) is 33.3 Å². The van der Waals surface area contributed by atoms with Gasteiger partial charge >= 0.3 is 6.09 Å². The maximum absolute atomic E-state index is 12.1. The molecule has 5 nitrogen and oxygen atoms in total. The largest absolute Gasteiger partial charge is 0.444 e. The molecule has 0 saturated heterocycles. The highest BCUT2D eigenvalue weighted by Gasteiger charge is 2.26. The van der Waals surface area contributed by atoms with Crippen LogP contribution in [0.15, 0.2) is 30.3 Å². The van der Waals surface area contributed by atoms with E-state index in [1.165, 1.54) is 4.90 Å². The highest BCUT2D eigenvalue weighted by Crippen LogP contribution is 2.10. The smallest absolute Gasteiger partial charge is 0.410 e. The van der Waals surface area contributed by atoms with Crippen molar-refractivity contribution in [3.63, 3.8) is 0 Å². The summed E-state index contributed by atoms with van der Waals surface area (Å²) in [7, 11) is 1.56. The van der Waals surface area contributed by atoms with Crippen molar-refractivity contribution in [2.45, 2.75) is 45.9 Å². The van der Waals surface area contributed by atoms with Gasteiger partial charge in [0.2, 0.25) is 5.91 Å². The average Bonchev–Trinajstić information content (AvgIpc) is 2.42. The normalized spacial score (nSPS) is 12.4. The molecule has 0 aromatic heterocycles. The van der Waals surface area contributed by atoms with Crippen molar-refractivity contribution in [3.8, 4) is 0 Å². The van der Waals surface area contributed by atoms with Gasteiger partial charge < -0.3 is 10.1 Å². The van der Waals surface area contributed by atoms with Crippen LogP contribution < -0.4 is 5.32 Å². The van der Waals surface area contributed by atoms with Gasteiger partial charge in [-0.3, -0.25) is 9.69 Å². The number of carbonyl (C=O) groups excluding carboxylic acids is 2. The van der Waals surface area contributed by atoms with E-state index >= 15 is 0 Å². The van der Waals surface area contributed by atoms with E-state index < -0.39 is 17.7 Å². The highest BCUT2D eigenvalue weighted by molar-refractivity contribution is 5.85. The first-order chi connectivity index (χ1) is 9.70. The Hall–Kier alpha value is -2.04. The van der Waals surface area contributed by atoms with E-state index in [1.54, 1.807) is 34.7 Å². The number of amides is 2. The summed E-state index contributed by atoms with van der Waals surface area (Å²) in [5, 5.41) is 2.81. The van der Waals surface area contributed by atoms with E-state index in [-0.39, 0.29) is 5.91 Å². The van der Waals surface area contributed by atoms with Crippen LogP contribution in [0.5, 0.6) is 0 Å². The molecule has 0 aliphatic heterocycles. The number of nitrogens with zero attached hydrogens (tertiary/aromatic N) is 1. The second kappa shape index (κ2) is 7.11. The second-order valence-electron chi connectivity index (χ2n) is 5.97. The fourth-order valence-electron chi connectivity index (χ4n) is 1.60. The summed E-state index contributed by atoms with van der Waals surface area (Å²) in [5.74, 6) is -0.216. The van der Waals surface area contributed by atoms with E-state index in [1.807, 2.05) is 30.3 Å². The Morgan fingerprint density at radius 3 is 2.33 bits per heavy atom. The molecule has 0 radical (unpaired) electrons. The molecule has 0 spiro atoms.